The van der Waals surface area contributed by atoms with Crippen molar-refractivity contribution in [3.05, 3.63) is 58.7 Å². The van der Waals surface area contributed by atoms with E-state index >= 15 is 0 Å². The van der Waals surface area contributed by atoms with E-state index in [1.165, 1.54) is 0 Å². The van der Waals surface area contributed by atoms with Crippen LogP contribution in [-0.4, -0.2) is 24.1 Å². The summed E-state index contributed by atoms with van der Waals surface area (Å²) in [6.45, 7) is 5.27. The van der Waals surface area contributed by atoms with Gasteiger partial charge in [-0.1, -0.05) is 29.8 Å². The van der Waals surface area contributed by atoms with Crippen molar-refractivity contribution >= 4 is 17.6 Å². The molecule has 1 aromatic heterocycles. The number of halogens is 1. The van der Waals surface area contributed by atoms with Crippen LogP contribution in [0.3, 0.4) is 0 Å². The third kappa shape index (κ3) is 6.08. The van der Waals surface area contributed by atoms with E-state index < -0.39 is 0 Å². The summed E-state index contributed by atoms with van der Waals surface area (Å²) < 4.78 is 5.53. The number of aliphatic imine (C=N–C) groups is 1. The second-order valence-electron chi connectivity index (χ2n) is 5.58. The predicted molar refractivity (Wildman–Crippen MR) is 98.5 cm³/mol. The summed E-state index contributed by atoms with van der Waals surface area (Å²) in [7, 11) is 1.75. The van der Waals surface area contributed by atoms with E-state index in [9.17, 15) is 0 Å². The molecule has 0 atom stereocenters. The van der Waals surface area contributed by atoms with Crippen LogP contribution in [0.15, 0.2) is 47.6 Å². The van der Waals surface area contributed by atoms with Crippen LogP contribution in [0.5, 0.6) is 5.88 Å². The summed E-state index contributed by atoms with van der Waals surface area (Å²) in [5.74, 6) is 1.37. The first kappa shape index (κ1) is 18.1. The molecule has 0 fully saturated rings. The monoisotopic (exact) mass is 346 g/mol. The van der Waals surface area contributed by atoms with Crippen molar-refractivity contribution in [2.75, 3.05) is 7.05 Å². The van der Waals surface area contributed by atoms with Gasteiger partial charge in [-0.25, -0.2) is 4.98 Å². The fraction of sp³-hybridized carbons (Fsp3) is 0.333. The summed E-state index contributed by atoms with van der Waals surface area (Å²) in [5, 5.41) is 7.26. The topological polar surface area (TPSA) is 58.5 Å². The lowest BCUT2D eigenvalue weighted by Crippen LogP contribution is -2.36. The molecule has 0 aliphatic carbocycles. The van der Waals surface area contributed by atoms with Crippen LogP contribution in [0, 0.1) is 0 Å². The maximum atomic E-state index is 5.89. The molecule has 2 aromatic rings. The lowest BCUT2D eigenvalue weighted by molar-refractivity contribution is 0.232. The molecule has 24 heavy (non-hydrogen) atoms. The fourth-order valence-electron chi connectivity index (χ4n) is 2.02. The molecule has 2 N–H and O–H groups in total. The van der Waals surface area contributed by atoms with Crippen LogP contribution in [0.2, 0.25) is 5.02 Å². The van der Waals surface area contributed by atoms with Gasteiger partial charge in [0, 0.05) is 37.4 Å². The van der Waals surface area contributed by atoms with Crippen LogP contribution in [0.1, 0.15) is 25.0 Å². The van der Waals surface area contributed by atoms with Crippen LogP contribution in [0.25, 0.3) is 0 Å². The normalized spacial score (nSPS) is 11.5. The predicted octanol–water partition coefficient (Wildman–Crippen LogP) is 3.39. The Morgan fingerprint density at radius 1 is 1.08 bits per heavy atom. The SMILES string of the molecule is CN=C(NCc1ccc(Cl)cc1)NCc1ccc(OC(C)C)nc1. The first-order chi connectivity index (χ1) is 11.6. The van der Waals surface area contributed by atoms with Crippen LogP contribution < -0.4 is 15.4 Å². The van der Waals surface area contributed by atoms with Crippen molar-refractivity contribution < 1.29 is 4.74 Å². The minimum atomic E-state index is 0.123. The number of rotatable bonds is 6. The zero-order valence-corrected chi connectivity index (χ0v) is 15.0. The van der Waals surface area contributed by atoms with Gasteiger partial charge in [0.15, 0.2) is 5.96 Å². The molecule has 128 valence electrons. The number of guanidine groups is 1. The molecular formula is C18H23ClN4O. The van der Waals surface area contributed by atoms with Gasteiger partial charge < -0.3 is 15.4 Å². The van der Waals surface area contributed by atoms with Gasteiger partial charge in [-0.2, -0.15) is 0 Å². The van der Waals surface area contributed by atoms with Gasteiger partial charge in [-0.3, -0.25) is 4.99 Å². The Hall–Kier alpha value is -2.27. The second kappa shape index (κ2) is 9.13. The molecule has 2 rings (SSSR count). The average molecular weight is 347 g/mol. The van der Waals surface area contributed by atoms with Crippen molar-refractivity contribution in [2.45, 2.75) is 33.0 Å². The molecule has 1 aromatic carbocycles. The molecule has 0 aliphatic heterocycles. The highest BCUT2D eigenvalue weighted by Gasteiger charge is 2.02. The molecule has 0 spiro atoms. The standard InChI is InChI=1S/C18H23ClN4O/c1-13(2)24-17-9-6-15(11-21-17)12-23-18(20-3)22-10-14-4-7-16(19)8-5-14/h4-9,11,13H,10,12H2,1-3H3,(H2,20,22,23). The van der Waals surface area contributed by atoms with E-state index in [1.54, 1.807) is 13.2 Å². The van der Waals surface area contributed by atoms with E-state index in [4.69, 9.17) is 16.3 Å². The lowest BCUT2D eigenvalue weighted by atomic mass is 10.2. The summed E-state index contributed by atoms with van der Waals surface area (Å²) in [4.78, 5) is 8.51. The Labute approximate surface area is 148 Å². The zero-order valence-electron chi connectivity index (χ0n) is 14.2. The van der Waals surface area contributed by atoms with Crippen molar-refractivity contribution in [3.8, 4) is 5.88 Å². The number of aromatic nitrogens is 1. The number of ether oxygens (including phenoxy) is 1. The highest BCUT2D eigenvalue weighted by molar-refractivity contribution is 6.30. The maximum absolute atomic E-state index is 5.89. The van der Waals surface area contributed by atoms with Gasteiger partial charge >= 0.3 is 0 Å². The van der Waals surface area contributed by atoms with Crippen LogP contribution in [0.4, 0.5) is 0 Å². The van der Waals surface area contributed by atoms with Crippen LogP contribution in [-0.2, 0) is 13.1 Å². The first-order valence-electron chi connectivity index (χ1n) is 7.87. The van der Waals surface area contributed by atoms with Gasteiger partial charge in [-0.15, -0.1) is 0 Å². The molecule has 5 nitrogen and oxygen atoms in total. The quantitative estimate of drug-likeness (QED) is 0.622. The minimum Gasteiger partial charge on any atom is -0.475 e. The van der Waals surface area contributed by atoms with E-state index in [1.807, 2.05) is 50.2 Å². The van der Waals surface area contributed by atoms with Crippen LogP contribution >= 0.6 is 11.6 Å². The molecule has 0 amide bonds. The molecule has 6 heteroatoms. The van der Waals surface area contributed by atoms with E-state index in [2.05, 4.69) is 20.6 Å². The number of pyridine rings is 1. The van der Waals surface area contributed by atoms with Gasteiger partial charge in [0.05, 0.1) is 6.10 Å². The maximum Gasteiger partial charge on any atom is 0.213 e. The highest BCUT2D eigenvalue weighted by atomic mass is 35.5. The number of nitrogens with zero attached hydrogens (tertiary/aromatic N) is 2. The summed E-state index contributed by atoms with van der Waals surface area (Å²) in [6, 6.07) is 11.6. The molecule has 0 aliphatic rings. The number of hydrogen-bond acceptors (Lipinski definition) is 3. The Balaban J connectivity index is 1.81. The van der Waals surface area contributed by atoms with Crippen molar-refractivity contribution in [2.24, 2.45) is 4.99 Å². The highest BCUT2D eigenvalue weighted by Crippen LogP contribution is 2.10. The molecular weight excluding hydrogens is 324 g/mol. The van der Waals surface area contributed by atoms with Crippen molar-refractivity contribution in [1.29, 1.82) is 0 Å². The fourth-order valence-corrected chi connectivity index (χ4v) is 2.15. The van der Waals surface area contributed by atoms with Gasteiger partial charge in [0.2, 0.25) is 5.88 Å². The number of benzene rings is 1. The first-order valence-corrected chi connectivity index (χ1v) is 8.25. The van der Waals surface area contributed by atoms with Gasteiger partial charge in [0.1, 0.15) is 0 Å². The largest absolute Gasteiger partial charge is 0.475 e. The Morgan fingerprint density at radius 2 is 1.71 bits per heavy atom. The Kier molecular flexibility index (Phi) is 6.88. The van der Waals surface area contributed by atoms with Gasteiger partial charge in [0.25, 0.3) is 0 Å². The van der Waals surface area contributed by atoms with E-state index in [-0.39, 0.29) is 6.10 Å². The summed E-state index contributed by atoms with van der Waals surface area (Å²) in [6.07, 6.45) is 1.93. The smallest absolute Gasteiger partial charge is 0.213 e. The average Bonchev–Trinajstić information content (AvgIpc) is 2.57. The molecule has 0 unspecified atom stereocenters. The number of nitrogens with one attached hydrogen (secondary N) is 2. The lowest BCUT2D eigenvalue weighted by Gasteiger charge is -2.13. The number of hydrogen-bond donors (Lipinski definition) is 2. The third-order valence-corrected chi connectivity index (χ3v) is 3.46. The summed E-state index contributed by atoms with van der Waals surface area (Å²) >= 11 is 5.89. The third-order valence-electron chi connectivity index (χ3n) is 3.21. The molecule has 0 radical (unpaired) electrons. The minimum absolute atomic E-state index is 0.123. The molecule has 0 saturated heterocycles. The second-order valence-corrected chi connectivity index (χ2v) is 6.01. The Morgan fingerprint density at radius 3 is 2.25 bits per heavy atom. The van der Waals surface area contributed by atoms with Gasteiger partial charge in [-0.05, 0) is 37.1 Å². The van der Waals surface area contributed by atoms with E-state index in [0.717, 1.165) is 22.1 Å². The van der Waals surface area contributed by atoms with Crippen molar-refractivity contribution in [1.82, 2.24) is 15.6 Å². The molecule has 1 heterocycles. The van der Waals surface area contributed by atoms with E-state index in [0.29, 0.717) is 19.0 Å². The molecule has 0 bridgehead atoms. The molecule has 0 saturated carbocycles. The Bertz CT molecular complexity index is 654. The summed E-state index contributed by atoms with van der Waals surface area (Å²) in [5.41, 5.74) is 2.19. The zero-order chi connectivity index (χ0) is 17.4. The van der Waals surface area contributed by atoms with Crippen molar-refractivity contribution in [3.63, 3.8) is 0 Å².